The molecular weight excluding hydrogens is 167 g/mol. The third kappa shape index (κ3) is 6.51. The Balaban J connectivity index is 3.47. The fraction of sp³-hybridized carbons (Fsp3) is 1.00. The second-order valence-electron chi connectivity index (χ2n) is 2.33. The first-order chi connectivity index (χ1) is 5.12. The molecule has 0 aromatic carbocycles. The van der Waals surface area contributed by atoms with Crippen molar-refractivity contribution in [2.24, 2.45) is 0 Å². The Kier molecular flexibility index (Phi) is 5.78. The Hall–Kier alpha value is 0.110. The third-order valence-electron chi connectivity index (χ3n) is 1.30. The fourth-order valence-electron chi connectivity index (χ4n) is 0.716. The average molecular weight is 182 g/mol. The van der Waals surface area contributed by atoms with Gasteiger partial charge in [0.2, 0.25) is 0 Å². The Morgan fingerprint density at radius 3 is 2.55 bits per heavy atom. The van der Waals surface area contributed by atoms with Crippen molar-refractivity contribution in [3.05, 3.63) is 0 Å². The van der Waals surface area contributed by atoms with Crippen molar-refractivity contribution in [1.29, 1.82) is 0 Å². The van der Waals surface area contributed by atoms with Gasteiger partial charge < -0.3 is 10.00 Å². The van der Waals surface area contributed by atoms with E-state index >= 15 is 0 Å². The van der Waals surface area contributed by atoms with Crippen LogP contribution in [0.25, 0.3) is 0 Å². The number of unbranched alkanes of at least 4 members (excludes halogenated alkanes) is 2. The molecule has 0 aromatic rings. The maximum absolute atomic E-state index is 10.9. The Bertz CT molecular complexity index is 137. The van der Waals surface area contributed by atoms with E-state index in [-0.39, 0.29) is 6.16 Å². The van der Waals surface area contributed by atoms with Crippen LogP contribution in [0.4, 0.5) is 0 Å². The molecule has 4 nitrogen and oxygen atoms in total. The second kappa shape index (κ2) is 5.72. The summed E-state index contributed by atoms with van der Waals surface area (Å²) < 4.78 is 15.1. The zero-order chi connectivity index (χ0) is 8.74. The quantitative estimate of drug-likeness (QED) is 0.369. The molecular formula is C6H15O4P. The number of hydrogen-bond acceptors (Lipinski definition) is 3. The fourth-order valence-corrected chi connectivity index (χ4v) is 1.65. The number of aliphatic hydroxyl groups excluding tert-OH is 1. The first-order valence-corrected chi connectivity index (χ1v) is 5.46. The molecule has 0 amide bonds. The van der Waals surface area contributed by atoms with Crippen LogP contribution in [-0.2, 0) is 9.09 Å². The summed E-state index contributed by atoms with van der Waals surface area (Å²) in [7, 11) is -3.47. The van der Waals surface area contributed by atoms with Crippen molar-refractivity contribution >= 4 is 7.60 Å². The van der Waals surface area contributed by atoms with Crippen LogP contribution in [0.2, 0.25) is 0 Å². The average Bonchev–Trinajstić information content (AvgIpc) is 1.87. The van der Waals surface area contributed by atoms with Crippen molar-refractivity contribution in [3.63, 3.8) is 0 Å². The lowest BCUT2D eigenvalue weighted by atomic mass is 10.3. The number of rotatable bonds is 6. The number of hydrogen-bond donors (Lipinski definition) is 2. The van der Waals surface area contributed by atoms with E-state index in [0.29, 0.717) is 6.42 Å². The molecule has 0 aromatic heterocycles. The van der Waals surface area contributed by atoms with Gasteiger partial charge in [0.05, 0.1) is 6.16 Å². The van der Waals surface area contributed by atoms with Gasteiger partial charge in [-0.3, -0.25) is 9.09 Å². The van der Waals surface area contributed by atoms with Crippen LogP contribution in [-0.4, -0.2) is 23.0 Å². The molecule has 0 saturated carbocycles. The van der Waals surface area contributed by atoms with Gasteiger partial charge in [-0.05, 0) is 6.42 Å². The Morgan fingerprint density at radius 2 is 2.09 bits per heavy atom. The van der Waals surface area contributed by atoms with Crippen molar-refractivity contribution < 1.29 is 19.1 Å². The van der Waals surface area contributed by atoms with E-state index in [4.69, 9.17) is 10.00 Å². The first kappa shape index (κ1) is 11.1. The van der Waals surface area contributed by atoms with Gasteiger partial charge in [-0.1, -0.05) is 19.8 Å². The molecule has 0 radical (unpaired) electrons. The second-order valence-corrected chi connectivity index (χ2v) is 4.31. The minimum absolute atomic E-state index is 0.140. The maximum atomic E-state index is 10.9. The summed E-state index contributed by atoms with van der Waals surface area (Å²) in [5.74, 6) is 0. The van der Waals surface area contributed by atoms with Gasteiger partial charge in [-0.2, -0.15) is 0 Å². The van der Waals surface area contributed by atoms with Gasteiger partial charge in [0.1, 0.15) is 0 Å². The molecule has 2 N–H and O–H groups in total. The molecule has 1 unspecified atom stereocenters. The molecule has 0 aliphatic heterocycles. The van der Waals surface area contributed by atoms with Gasteiger partial charge in [0.25, 0.3) is 0 Å². The van der Waals surface area contributed by atoms with Gasteiger partial charge in [0.15, 0.2) is 6.79 Å². The van der Waals surface area contributed by atoms with E-state index in [1.165, 1.54) is 0 Å². The van der Waals surface area contributed by atoms with Crippen molar-refractivity contribution in [3.8, 4) is 0 Å². The zero-order valence-corrected chi connectivity index (χ0v) is 7.59. The standard InChI is InChI=1S/C6H15O4P/c1-2-3-4-5-11(8,9)10-6-7/h7H,2-6H2,1H3,(H,8,9). The summed E-state index contributed by atoms with van der Waals surface area (Å²) in [5, 5.41) is 8.20. The van der Waals surface area contributed by atoms with E-state index in [9.17, 15) is 4.57 Å². The largest absolute Gasteiger partial charge is 0.370 e. The van der Waals surface area contributed by atoms with E-state index < -0.39 is 14.4 Å². The van der Waals surface area contributed by atoms with Crippen LogP contribution in [0, 0.1) is 0 Å². The van der Waals surface area contributed by atoms with Crippen molar-refractivity contribution in [2.75, 3.05) is 13.0 Å². The Labute approximate surface area is 66.7 Å². The van der Waals surface area contributed by atoms with Crippen LogP contribution in [0.1, 0.15) is 26.2 Å². The highest BCUT2D eigenvalue weighted by Crippen LogP contribution is 2.42. The van der Waals surface area contributed by atoms with E-state index in [1.807, 2.05) is 6.92 Å². The van der Waals surface area contributed by atoms with Gasteiger partial charge in [-0.15, -0.1) is 0 Å². The molecule has 1 atom stereocenters. The minimum Gasteiger partial charge on any atom is -0.370 e. The number of aliphatic hydroxyl groups is 1. The summed E-state index contributed by atoms with van der Waals surface area (Å²) >= 11 is 0. The monoisotopic (exact) mass is 182 g/mol. The van der Waals surface area contributed by atoms with Gasteiger partial charge >= 0.3 is 7.60 Å². The molecule has 0 saturated heterocycles. The van der Waals surface area contributed by atoms with Crippen LogP contribution in [0.15, 0.2) is 0 Å². The lowest BCUT2D eigenvalue weighted by Gasteiger charge is -2.08. The van der Waals surface area contributed by atoms with Crippen LogP contribution in [0.3, 0.4) is 0 Å². The van der Waals surface area contributed by atoms with Crippen LogP contribution in [0.5, 0.6) is 0 Å². The molecule has 68 valence electrons. The molecule has 0 aliphatic rings. The van der Waals surface area contributed by atoms with E-state index in [1.54, 1.807) is 0 Å². The van der Waals surface area contributed by atoms with E-state index in [2.05, 4.69) is 4.52 Å². The molecule has 0 heterocycles. The van der Waals surface area contributed by atoms with Crippen molar-refractivity contribution in [2.45, 2.75) is 26.2 Å². The summed E-state index contributed by atoms with van der Waals surface area (Å²) in [4.78, 5) is 8.91. The highest BCUT2D eigenvalue weighted by molar-refractivity contribution is 7.52. The smallest absolute Gasteiger partial charge is 0.330 e. The van der Waals surface area contributed by atoms with Crippen molar-refractivity contribution in [1.82, 2.24) is 0 Å². The molecule has 5 heteroatoms. The van der Waals surface area contributed by atoms with Crippen LogP contribution >= 0.6 is 7.60 Å². The zero-order valence-electron chi connectivity index (χ0n) is 6.69. The molecule has 0 rings (SSSR count). The van der Waals surface area contributed by atoms with Gasteiger partial charge in [-0.25, -0.2) is 0 Å². The molecule has 0 bridgehead atoms. The van der Waals surface area contributed by atoms with E-state index in [0.717, 1.165) is 12.8 Å². The minimum atomic E-state index is -3.47. The Morgan fingerprint density at radius 1 is 1.45 bits per heavy atom. The predicted molar refractivity (Wildman–Crippen MR) is 42.4 cm³/mol. The molecule has 11 heavy (non-hydrogen) atoms. The molecule has 0 fully saturated rings. The third-order valence-corrected chi connectivity index (χ3v) is 2.70. The molecule has 0 spiro atoms. The highest BCUT2D eigenvalue weighted by atomic mass is 31.2. The summed E-state index contributed by atoms with van der Waals surface area (Å²) in [6.07, 6.45) is 2.73. The molecule has 0 aliphatic carbocycles. The SMILES string of the molecule is CCCCCP(=O)(O)OCO. The highest BCUT2D eigenvalue weighted by Gasteiger charge is 2.17. The lowest BCUT2D eigenvalue weighted by molar-refractivity contribution is 0.0864. The summed E-state index contributed by atoms with van der Waals surface area (Å²) in [6, 6.07) is 0. The van der Waals surface area contributed by atoms with Gasteiger partial charge in [0, 0.05) is 0 Å². The topological polar surface area (TPSA) is 66.8 Å². The summed E-state index contributed by atoms with van der Waals surface area (Å²) in [6.45, 7) is 1.33. The lowest BCUT2D eigenvalue weighted by Crippen LogP contribution is -1.95. The normalized spacial score (nSPS) is 16.3. The first-order valence-electron chi connectivity index (χ1n) is 3.69. The maximum Gasteiger partial charge on any atom is 0.330 e. The predicted octanol–water partition coefficient (Wildman–Crippen LogP) is 1.33. The summed E-state index contributed by atoms with van der Waals surface area (Å²) in [5.41, 5.74) is 0. The van der Waals surface area contributed by atoms with Crippen LogP contribution < -0.4 is 0 Å².